The van der Waals surface area contributed by atoms with Crippen LogP contribution in [0.2, 0.25) is 5.02 Å². The van der Waals surface area contributed by atoms with Gasteiger partial charge in [-0.25, -0.2) is 39.1 Å². The van der Waals surface area contributed by atoms with E-state index in [4.69, 9.17) is 110 Å². The Balaban J connectivity index is 0.000000337. The number of carbonyl (C=O) groups excluding carboxylic acids is 2. The molecular formula is C54H67B15ClN6O12S2. The number of aromatic nitrogens is 4. The van der Waals surface area contributed by atoms with Crippen molar-refractivity contribution in [2.45, 2.75) is 143 Å². The molecule has 90 heavy (non-hydrogen) atoms. The normalized spacial score (nSPS) is 15.8. The zero-order chi connectivity index (χ0) is 68.4. The highest BCUT2D eigenvalue weighted by atomic mass is 35.5. The fourth-order valence-corrected chi connectivity index (χ4v) is 10.4. The molecule has 2 amide bonds. The largest absolute Gasteiger partial charge is 0.496 e. The Hall–Kier alpha value is -5.38. The van der Waals surface area contributed by atoms with Gasteiger partial charge in [-0.3, -0.25) is 9.80 Å². The van der Waals surface area contributed by atoms with Gasteiger partial charge in [-0.2, -0.15) is 0 Å². The van der Waals surface area contributed by atoms with Crippen LogP contribution in [0.5, 0.6) is 17.2 Å². The molecule has 2 saturated heterocycles. The van der Waals surface area contributed by atoms with Gasteiger partial charge in [0.05, 0.1) is 60.9 Å². The SMILES string of the molecule is CC(C)(C)OC(=O)N1C[C@H](O)C[C@H]1C(=O)O.COc1ccc2c(Cl)cc(-c3nc(C(C)C)cs3)nc2c1C.COc1ccc2c(O[C@@H]3C[C@@H](C(=O)O)N(C(=O)OC(C)(C)C)C3)cc(-c3nc(C(C)C)cs3)nc2c1C.[B]B([B])B([B])[B].[B]B([B])[B].[B][B]B([B])[B]. The van der Waals surface area contributed by atoms with E-state index in [-0.39, 0.29) is 31.8 Å². The lowest BCUT2D eigenvalue weighted by Crippen LogP contribution is -2.43. The van der Waals surface area contributed by atoms with Gasteiger partial charge >= 0.3 is 24.1 Å². The number of halogens is 1. The van der Waals surface area contributed by atoms with E-state index in [1.54, 1.807) is 67.1 Å². The number of aliphatic hydroxyl groups excluding tert-OH is 1. The van der Waals surface area contributed by atoms with Crippen LogP contribution >= 0.6 is 34.3 Å². The number of methoxy groups -OCH3 is 2. The van der Waals surface area contributed by atoms with Crippen molar-refractivity contribution in [3.63, 3.8) is 0 Å². The molecule has 0 spiro atoms. The molecule has 3 N–H and O–H groups in total. The van der Waals surface area contributed by atoms with Crippen molar-refractivity contribution in [3.8, 4) is 38.7 Å². The number of hydrogen-bond donors (Lipinski definition) is 3. The number of rotatable bonds is 12. The maximum atomic E-state index is 12.8. The number of carboxylic acid groups (broad SMARTS) is 2. The van der Waals surface area contributed by atoms with Gasteiger partial charge in [0.25, 0.3) is 0 Å². The minimum Gasteiger partial charge on any atom is -0.496 e. The average Bonchev–Trinajstić information content (AvgIpc) is 1.09. The van der Waals surface area contributed by atoms with Crippen molar-refractivity contribution in [3.05, 3.63) is 74.7 Å². The molecule has 0 aliphatic carbocycles. The second kappa shape index (κ2) is 35.6. The third-order valence-corrected chi connectivity index (χ3v) is 14.8. The topological polar surface area (TPSA) is 233 Å². The molecule has 0 saturated carbocycles. The van der Waals surface area contributed by atoms with Crippen LogP contribution in [0, 0.1) is 13.8 Å². The predicted molar refractivity (Wildman–Crippen MR) is 376 cm³/mol. The number of carbonyl (C=O) groups is 4. The van der Waals surface area contributed by atoms with Gasteiger partial charge in [0.15, 0.2) is 0 Å². The molecule has 18 nitrogen and oxygen atoms in total. The summed E-state index contributed by atoms with van der Waals surface area (Å²) in [4.78, 5) is 68.6. The van der Waals surface area contributed by atoms with Crippen LogP contribution in [-0.2, 0) is 19.1 Å². The Morgan fingerprint density at radius 1 is 0.644 bits per heavy atom. The number of aliphatic carboxylic acids is 2. The zero-order valence-corrected chi connectivity index (χ0v) is 55.9. The van der Waals surface area contributed by atoms with E-state index >= 15 is 0 Å². The fraction of sp³-hybridized carbons (Fsp3) is 0.481. The molecule has 4 aromatic heterocycles. The minimum absolute atomic E-state index is 0.00583. The number of likely N-dealkylation sites (tertiary alicyclic amines) is 2. The molecule has 6 heterocycles. The minimum atomic E-state index is -1.12. The van der Waals surface area contributed by atoms with Gasteiger partial charge in [0, 0.05) is 162 Å². The van der Waals surface area contributed by atoms with Gasteiger partial charge in [0.2, 0.25) is 0 Å². The number of benzene rings is 2. The number of fused-ring (bicyclic) bond motifs is 2. The highest BCUT2D eigenvalue weighted by Gasteiger charge is 2.43. The van der Waals surface area contributed by atoms with Gasteiger partial charge < -0.3 is 39.0 Å². The highest BCUT2D eigenvalue weighted by Crippen LogP contribution is 2.39. The molecule has 449 valence electrons. The second-order valence-electron chi connectivity index (χ2n) is 23.4. The molecule has 2 fully saturated rings. The van der Waals surface area contributed by atoms with Crippen LogP contribution in [-0.4, -0.2) is 242 Å². The van der Waals surface area contributed by atoms with Crippen molar-refractivity contribution < 1.29 is 58.2 Å². The van der Waals surface area contributed by atoms with E-state index in [2.05, 4.69) is 61.3 Å². The van der Waals surface area contributed by atoms with Crippen molar-refractivity contribution in [2.24, 2.45) is 0 Å². The standard InChI is InChI=1S/C27H33N3O6S.C17H17ClN2OS.C10H17NO5.B6.B5.B4/c1-14(2)19-13-37-24(29-19)18-11-22(17-8-9-21(34-7)15(3)23(17)28-18)35-16-10-20(25(31)32)30(12-16)26(33)36-27(4,5)6;1-9(2)14-8-22-17(20-14)13-7-12(18)11-5-6-15(21-4)10(3)16(11)19-13;1-10(2,3)16-9(15)11-5-6(12)4-7(11)8(13)14;1-5(2)6(3)4;1-4-5(2)3;1-4(2)3/h8-9,11,13-14,16,20H,10,12H2,1-7H3,(H,31,32);5-9H,1-4H3;6-7,12H,4-5H2,1-3H3,(H,13,14);;;/t16-,20+;;6-,7+;;;/m1.1.../s1. The number of hydrogen-bond acceptors (Lipinski definition) is 16. The number of nitrogens with zero attached hydrogens (tertiary/aromatic N) is 6. The fourth-order valence-electron chi connectivity index (χ4n) is 8.23. The summed E-state index contributed by atoms with van der Waals surface area (Å²) in [7, 11) is 52.9. The Labute approximate surface area is 558 Å². The first-order valence-corrected chi connectivity index (χ1v) is 30.6. The lowest BCUT2D eigenvalue weighted by Gasteiger charge is -2.26. The van der Waals surface area contributed by atoms with Crippen molar-refractivity contribution in [1.29, 1.82) is 0 Å². The maximum absolute atomic E-state index is 12.8. The summed E-state index contributed by atoms with van der Waals surface area (Å²) in [6, 6.07) is 9.29. The highest BCUT2D eigenvalue weighted by molar-refractivity contribution is 7.76. The zero-order valence-electron chi connectivity index (χ0n) is 53.5. The molecule has 0 unspecified atom stereocenters. The summed E-state index contributed by atoms with van der Waals surface area (Å²) in [6.45, 7) is 22.8. The first-order chi connectivity index (χ1) is 41.7. The Morgan fingerprint density at radius 3 is 1.40 bits per heavy atom. The van der Waals surface area contributed by atoms with E-state index in [0.717, 1.165) is 65.2 Å². The van der Waals surface area contributed by atoms with Crippen molar-refractivity contribution in [1.82, 2.24) is 29.7 Å². The van der Waals surface area contributed by atoms with Crippen LogP contribution in [0.15, 0.2) is 47.2 Å². The number of pyridine rings is 2. The smallest absolute Gasteiger partial charge is 0.411 e. The van der Waals surface area contributed by atoms with Gasteiger partial charge in [-0.15, -0.1) is 22.7 Å². The summed E-state index contributed by atoms with van der Waals surface area (Å²) >= 11 is 9.56. The summed E-state index contributed by atoms with van der Waals surface area (Å²) in [5, 5.41) is 36.2. The molecule has 0 bridgehead atoms. The molecular weight excluding hydrogens is 1190 g/mol. The van der Waals surface area contributed by atoms with E-state index in [1.807, 2.05) is 55.6 Å². The molecule has 4 atom stereocenters. The number of thiazole rings is 2. The summed E-state index contributed by atoms with van der Waals surface area (Å²) in [5.41, 5.74) is 5.55. The van der Waals surface area contributed by atoms with Gasteiger partial charge in [-0.05, 0) is 97.6 Å². The first kappa shape index (κ1) is 78.9. The van der Waals surface area contributed by atoms with E-state index in [0.29, 0.717) is 33.7 Å². The summed E-state index contributed by atoms with van der Waals surface area (Å²) < 4.78 is 27.8. The van der Waals surface area contributed by atoms with E-state index in [9.17, 15) is 29.4 Å². The van der Waals surface area contributed by atoms with Gasteiger partial charge in [-0.1, -0.05) is 39.3 Å². The monoisotopic (exact) mass is 1260 g/mol. The number of aryl methyl sites for hydroxylation is 2. The molecule has 8 rings (SSSR count). The molecule has 2 aliphatic rings. The summed E-state index contributed by atoms with van der Waals surface area (Å²) in [6.07, 6.45) is -4.84. The quantitative estimate of drug-likeness (QED) is 0.123. The number of aliphatic hydroxyl groups is 1. The van der Waals surface area contributed by atoms with Crippen LogP contribution in [0.25, 0.3) is 43.2 Å². The molecule has 6 aromatic rings. The third kappa shape index (κ3) is 24.3. The molecule has 2 aromatic carbocycles. The lowest BCUT2D eigenvalue weighted by molar-refractivity contribution is -0.142. The Kier molecular flexibility index (Phi) is 31.2. The molecule has 21 radical (unpaired) electrons. The first-order valence-electron chi connectivity index (χ1n) is 28.4. The number of β-amino-alcohol motifs (C(OH)–C–C–N with tert-alkyl or cyclic N) is 1. The predicted octanol–water partition coefficient (Wildman–Crippen LogP) is 5.82. The van der Waals surface area contributed by atoms with Crippen LogP contribution in [0.4, 0.5) is 9.59 Å². The van der Waals surface area contributed by atoms with Crippen LogP contribution in [0.3, 0.4) is 0 Å². The van der Waals surface area contributed by atoms with Crippen molar-refractivity contribution in [2.75, 3.05) is 27.3 Å². The number of carboxylic acids is 2. The number of ether oxygens (including phenoxy) is 5. The van der Waals surface area contributed by atoms with E-state index < -0.39 is 85.2 Å². The Morgan fingerprint density at radius 2 is 1.03 bits per heavy atom. The lowest BCUT2D eigenvalue weighted by atomic mass is 8.81. The van der Waals surface area contributed by atoms with Crippen LogP contribution < -0.4 is 14.2 Å². The summed E-state index contributed by atoms with van der Waals surface area (Å²) in [5.74, 6) is 0.538. The molecule has 36 heteroatoms. The van der Waals surface area contributed by atoms with Crippen molar-refractivity contribution >= 4 is 190 Å². The second-order valence-corrected chi connectivity index (χ2v) is 25.5. The maximum Gasteiger partial charge on any atom is 0.411 e. The molecule has 2 aliphatic heterocycles. The van der Waals surface area contributed by atoms with Crippen LogP contribution in [0.1, 0.15) is 116 Å². The third-order valence-electron chi connectivity index (χ3n) is 12.7. The van der Waals surface area contributed by atoms with E-state index in [1.165, 1.54) is 23.3 Å². The average molecular weight is 1250 g/mol. The Bertz CT molecular complexity index is 3340. The van der Waals surface area contributed by atoms with Gasteiger partial charge in [0.1, 0.15) is 68.0 Å². The number of amides is 2.